The molecule has 1 fully saturated rings. The average Bonchev–Trinajstić information content (AvgIpc) is 2.38. The van der Waals surface area contributed by atoms with Gasteiger partial charge < -0.3 is 4.90 Å². The lowest BCUT2D eigenvalue weighted by Gasteiger charge is -2.32. The van der Waals surface area contributed by atoms with E-state index < -0.39 is 12.1 Å². The van der Waals surface area contributed by atoms with Gasteiger partial charge in [0.15, 0.2) is 0 Å². The molecule has 1 aliphatic rings. The molecular formula is C13H15ClF3NO. The van der Waals surface area contributed by atoms with Crippen molar-refractivity contribution < 1.29 is 18.0 Å². The van der Waals surface area contributed by atoms with Gasteiger partial charge in [-0.3, -0.25) is 4.79 Å². The quantitative estimate of drug-likeness (QED) is 0.777. The second-order valence-corrected chi connectivity index (χ2v) is 4.47. The molecule has 6 heteroatoms. The minimum absolute atomic E-state index is 0. The maximum Gasteiger partial charge on any atom is 0.471 e. The van der Waals surface area contributed by atoms with E-state index in [0.717, 1.165) is 10.5 Å². The minimum Gasteiger partial charge on any atom is -0.335 e. The number of hydrogen-bond donors (Lipinski definition) is 0. The third-order valence-electron chi connectivity index (χ3n) is 3.30. The zero-order valence-corrected chi connectivity index (χ0v) is 11.0. The fourth-order valence-corrected chi connectivity index (χ4v) is 2.32. The molecule has 0 spiro atoms. The van der Waals surface area contributed by atoms with Crippen molar-refractivity contribution in [2.75, 3.05) is 13.1 Å². The monoisotopic (exact) mass is 293 g/mol. The number of likely N-dealkylation sites (tertiary alicyclic amines) is 1. The highest BCUT2D eigenvalue weighted by molar-refractivity contribution is 5.85. The molecule has 1 heterocycles. The number of amides is 1. The van der Waals surface area contributed by atoms with Crippen molar-refractivity contribution >= 4 is 18.3 Å². The predicted octanol–water partition coefficient (Wildman–Crippen LogP) is 3.38. The lowest BCUT2D eigenvalue weighted by molar-refractivity contribution is -0.186. The second kappa shape index (κ2) is 6.28. The van der Waals surface area contributed by atoms with Gasteiger partial charge in [0, 0.05) is 13.1 Å². The first-order chi connectivity index (χ1) is 8.48. The topological polar surface area (TPSA) is 20.3 Å². The van der Waals surface area contributed by atoms with E-state index in [-0.39, 0.29) is 31.4 Å². The molecule has 0 bridgehead atoms. The van der Waals surface area contributed by atoms with Crippen LogP contribution in [0.2, 0.25) is 0 Å². The Balaban J connectivity index is 0.00000180. The summed E-state index contributed by atoms with van der Waals surface area (Å²) < 4.78 is 36.8. The summed E-state index contributed by atoms with van der Waals surface area (Å²) in [7, 11) is 0. The van der Waals surface area contributed by atoms with E-state index >= 15 is 0 Å². The molecule has 19 heavy (non-hydrogen) atoms. The number of nitrogens with zero attached hydrogens (tertiary/aromatic N) is 1. The fourth-order valence-electron chi connectivity index (χ4n) is 2.32. The predicted molar refractivity (Wildman–Crippen MR) is 68.3 cm³/mol. The highest BCUT2D eigenvalue weighted by Crippen LogP contribution is 2.29. The highest BCUT2D eigenvalue weighted by Gasteiger charge is 2.43. The van der Waals surface area contributed by atoms with Gasteiger partial charge in [0.2, 0.25) is 0 Å². The maximum atomic E-state index is 12.3. The molecule has 1 saturated heterocycles. The standard InChI is InChI=1S/C13H14F3NO.ClH/c14-13(15,16)12(18)17-8-6-11(7-9-17)10-4-2-1-3-5-10;/h1-5,11H,6-9H2;1H. The van der Waals surface area contributed by atoms with E-state index in [2.05, 4.69) is 0 Å². The zero-order chi connectivity index (χ0) is 13.2. The van der Waals surface area contributed by atoms with Crippen molar-refractivity contribution in [2.24, 2.45) is 0 Å². The number of carbonyl (C=O) groups is 1. The van der Waals surface area contributed by atoms with Crippen LogP contribution in [0.15, 0.2) is 30.3 Å². The van der Waals surface area contributed by atoms with Gasteiger partial charge in [0.1, 0.15) is 0 Å². The summed E-state index contributed by atoms with van der Waals surface area (Å²) in [6.07, 6.45) is -3.57. The molecule has 0 radical (unpaired) electrons. The van der Waals surface area contributed by atoms with Gasteiger partial charge in [-0.15, -0.1) is 12.4 Å². The average molecular weight is 294 g/mol. The minimum atomic E-state index is -4.75. The number of hydrogen-bond acceptors (Lipinski definition) is 1. The largest absolute Gasteiger partial charge is 0.471 e. The summed E-state index contributed by atoms with van der Waals surface area (Å²) >= 11 is 0. The first-order valence-corrected chi connectivity index (χ1v) is 5.89. The van der Waals surface area contributed by atoms with Crippen LogP contribution in [0, 0.1) is 0 Å². The molecule has 106 valence electrons. The lowest BCUT2D eigenvalue weighted by atomic mass is 9.89. The third kappa shape index (κ3) is 3.86. The lowest BCUT2D eigenvalue weighted by Crippen LogP contribution is -2.45. The Morgan fingerprint density at radius 2 is 1.63 bits per heavy atom. The first kappa shape index (κ1) is 15.8. The van der Waals surface area contributed by atoms with Gasteiger partial charge in [0.25, 0.3) is 0 Å². The summed E-state index contributed by atoms with van der Waals surface area (Å²) in [6, 6.07) is 9.70. The molecule has 1 amide bonds. The normalized spacial score (nSPS) is 16.9. The Morgan fingerprint density at radius 3 is 2.11 bits per heavy atom. The van der Waals surface area contributed by atoms with Crippen molar-refractivity contribution in [3.63, 3.8) is 0 Å². The van der Waals surface area contributed by atoms with Crippen LogP contribution in [0.25, 0.3) is 0 Å². The SMILES string of the molecule is Cl.O=C(N1CCC(c2ccccc2)CC1)C(F)(F)F. The van der Waals surface area contributed by atoms with E-state index in [9.17, 15) is 18.0 Å². The van der Waals surface area contributed by atoms with Crippen LogP contribution >= 0.6 is 12.4 Å². The molecule has 0 atom stereocenters. The van der Waals surface area contributed by atoms with Crippen molar-refractivity contribution in [3.05, 3.63) is 35.9 Å². The second-order valence-electron chi connectivity index (χ2n) is 4.47. The van der Waals surface area contributed by atoms with Crippen molar-refractivity contribution in [3.8, 4) is 0 Å². The van der Waals surface area contributed by atoms with Gasteiger partial charge in [-0.2, -0.15) is 13.2 Å². The molecular weight excluding hydrogens is 279 g/mol. The number of carbonyl (C=O) groups excluding carboxylic acids is 1. The zero-order valence-electron chi connectivity index (χ0n) is 10.2. The highest BCUT2D eigenvalue weighted by atomic mass is 35.5. The van der Waals surface area contributed by atoms with Crippen LogP contribution in [-0.2, 0) is 4.79 Å². The van der Waals surface area contributed by atoms with E-state index in [1.54, 1.807) is 0 Å². The molecule has 0 aliphatic carbocycles. The third-order valence-corrected chi connectivity index (χ3v) is 3.30. The molecule has 2 rings (SSSR count). The van der Waals surface area contributed by atoms with Crippen molar-refractivity contribution in [1.29, 1.82) is 0 Å². The molecule has 0 aromatic heterocycles. The Hall–Kier alpha value is -1.23. The summed E-state index contributed by atoms with van der Waals surface area (Å²) in [5.41, 5.74) is 1.14. The molecule has 0 unspecified atom stereocenters. The van der Waals surface area contributed by atoms with Crippen LogP contribution < -0.4 is 0 Å². The van der Waals surface area contributed by atoms with Crippen molar-refractivity contribution in [2.45, 2.75) is 24.9 Å². The smallest absolute Gasteiger partial charge is 0.335 e. The number of rotatable bonds is 1. The van der Waals surface area contributed by atoms with E-state index in [0.29, 0.717) is 12.8 Å². The molecule has 0 saturated carbocycles. The van der Waals surface area contributed by atoms with Gasteiger partial charge in [-0.05, 0) is 24.3 Å². The molecule has 1 aliphatic heterocycles. The summed E-state index contributed by atoms with van der Waals surface area (Å²) in [4.78, 5) is 12.0. The number of alkyl halides is 3. The van der Waals surface area contributed by atoms with Crippen LogP contribution in [0.1, 0.15) is 24.3 Å². The van der Waals surface area contributed by atoms with Crippen LogP contribution in [-0.4, -0.2) is 30.1 Å². The van der Waals surface area contributed by atoms with Crippen LogP contribution in [0.4, 0.5) is 13.2 Å². The van der Waals surface area contributed by atoms with Crippen LogP contribution in [0.3, 0.4) is 0 Å². The van der Waals surface area contributed by atoms with Gasteiger partial charge in [0.05, 0.1) is 0 Å². The van der Waals surface area contributed by atoms with E-state index in [4.69, 9.17) is 0 Å². The molecule has 1 aromatic carbocycles. The Labute approximate surface area is 116 Å². The number of piperidine rings is 1. The Kier molecular flexibility index (Phi) is 5.23. The fraction of sp³-hybridized carbons (Fsp3) is 0.462. The number of halogens is 4. The molecule has 2 nitrogen and oxygen atoms in total. The summed E-state index contributed by atoms with van der Waals surface area (Å²) in [6.45, 7) is 0.357. The van der Waals surface area contributed by atoms with Gasteiger partial charge in [-0.1, -0.05) is 30.3 Å². The molecule has 1 aromatic rings. The van der Waals surface area contributed by atoms with Crippen molar-refractivity contribution in [1.82, 2.24) is 4.90 Å². The Morgan fingerprint density at radius 1 is 1.11 bits per heavy atom. The van der Waals surface area contributed by atoms with Gasteiger partial charge >= 0.3 is 12.1 Å². The maximum absolute atomic E-state index is 12.3. The summed E-state index contributed by atoms with van der Waals surface area (Å²) in [5.74, 6) is -1.46. The van der Waals surface area contributed by atoms with E-state index in [1.807, 2.05) is 30.3 Å². The van der Waals surface area contributed by atoms with Gasteiger partial charge in [-0.25, -0.2) is 0 Å². The van der Waals surface area contributed by atoms with E-state index in [1.165, 1.54) is 0 Å². The first-order valence-electron chi connectivity index (χ1n) is 5.89. The molecule has 0 N–H and O–H groups in total. The number of benzene rings is 1. The Bertz CT molecular complexity index is 414. The van der Waals surface area contributed by atoms with Crippen LogP contribution in [0.5, 0.6) is 0 Å². The summed E-state index contributed by atoms with van der Waals surface area (Å²) in [5, 5.41) is 0.